The second kappa shape index (κ2) is 8.26. The molecule has 1 aliphatic heterocycles. The van der Waals surface area contributed by atoms with Crippen LogP contribution in [0.3, 0.4) is 0 Å². The van der Waals surface area contributed by atoms with Crippen LogP contribution in [0.2, 0.25) is 0 Å². The molecule has 0 saturated carbocycles. The van der Waals surface area contributed by atoms with E-state index in [2.05, 4.69) is 15.7 Å². The third-order valence-electron chi connectivity index (χ3n) is 5.21. The quantitative estimate of drug-likeness (QED) is 0.614. The predicted octanol–water partition coefficient (Wildman–Crippen LogP) is 4.68. The van der Waals surface area contributed by atoms with Crippen LogP contribution >= 0.6 is 0 Å². The van der Waals surface area contributed by atoms with Crippen molar-refractivity contribution < 1.29 is 22.7 Å². The highest BCUT2D eigenvalue weighted by Gasteiger charge is 2.46. The third kappa shape index (κ3) is 4.23. The number of carbonyl (C=O) groups excluding carboxylic acids is 1. The minimum atomic E-state index is -4.55. The smallest absolute Gasteiger partial charge is 0.410 e. The number of benzene rings is 2. The Morgan fingerprint density at radius 1 is 1.22 bits per heavy atom. The summed E-state index contributed by atoms with van der Waals surface area (Å²) in [5.41, 5.74) is 1.33. The number of amides is 1. The minimum absolute atomic E-state index is 0.101. The van der Waals surface area contributed by atoms with E-state index in [0.29, 0.717) is 22.6 Å². The number of hydrogen-bond donors (Lipinski definition) is 2. The molecular weight excluding hydrogens is 423 g/mol. The summed E-state index contributed by atoms with van der Waals surface area (Å²) >= 11 is 0. The Hall–Kier alpha value is -4.00. The van der Waals surface area contributed by atoms with Gasteiger partial charge in [-0.05, 0) is 42.0 Å². The molecular formula is C22H18F3N5O2. The molecule has 0 spiro atoms. The van der Waals surface area contributed by atoms with Gasteiger partial charge in [0.25, 0.3) is 5.91 Å². The molecule has 4 rings (SSSR count). The summed E-state index contributed by atoms with van der Waals surface area (Å²) in [4.78, 5) is 12.6. The van der Waals surface area contributed by atoms with Crippen LogP contribution in [-0.2, 0) is 0 Å². The number of carbonyl (C=O) groups is 1. The van der Waals surface area contributed by atoms with E-state index in [9.17, 15) is 18.0 Å². The lowest BCUT2D eigenvalue weighted by Gasteiger charge is -2.33. The molecule has 10 heteroatoms. The predicted molar refractivity (Wildman–Crippen MR) is 110 cm³/mol. The van der Waals surface area contributed by atoms with Gasteiger partial charge in [0.2, 0.25) is 0 Å². The Morgan fingerprint density at radius 3 is 2.50 bits per heavy atom. The van der Waals surface area contributed by atoms with Gasteiger partial charge in [0.05, 0.1) is 24.8 Å². The molecule has 32 heavy (non-hydrogen) atoms. The standard InChI is InChI=1S/C22H18F3N5O2/c1-32-16-8-4-14(5-9-16)17-10-19(22(23,24)25)30-20(28-17)11-18(29-30)21(31)27-15-6-2-13(12-26)3-7-15/h2-9,11,17,19,28H,10H2,1H3,(H,27,31)/t17-,19-/m1/s1. The molecule has 0 bridgehead atoms. The van der Waals surface area contributed by atoms with Crippen LogP contribution in [0.15, 0.2) is 54.6 Å². The van der Waals surface area contributed by atoms with Gasteiger partial charge in [-0.2, -0.15) is 23.5 Å². The number of nitrogens with one attached hydrogen (secondary N) is 2. The van der Waals surface area contributed by atoms with Gasteiger partial charge in [-0.15, -0.1) is 0 Å². The van der Waals surface area contributed by atoms with E-state index in [1.807, 2.05) is 6.07 Å². The summed E-state index contributed by atoms with van der Waals surface area (Å²) in [7, 11) is 1.51. The second-order valence-electron chi connectivity index (χ2n) is 7.27. The van der Waals surface area contributed by atoms with Gasteiger partial charge >= 0.3 is 6.18 Å². The molecule has 0 radical (unpaired) electrons. The molecule has 1 aliphatic rings. The fourth-order valence-electron chi connectivity index (χ4n) is 3.56. The second-order valence-corrected chi connectivity index (χ2v) is 7.27. The first kappa shape index (κ1) is 21.2. The molecule has 0 unspecified atom stereocenters. The van der Waals surface area contributed by atoms with Crippen molar-refractivity contribution >= 4 is 17.4 Å². The van der Waals surface area contributed by atoms with E-state index >= 15 is 0 Å². The first-order chi connectivity index (χ1) is 15.3. The highest BCUT2D eigenvalue weighted by Crippen LogP contribution is 2.43. The molecule has 2 N–H and O–H groups in total. The molecule has 0 aliphatic carbocycles. The summed E-state index contributed by atoms with van der Waals surface area (Å²) in [6.45, 7) is 0. The number of nitrogens with zero attached hydrogens (tertiary/aromatic N) is 3. The number of alkyl halides is 3. The van der Waals surface area contributed by atoms with Crippen molar-refractivity contribution in [2.24, 2.45) is 0 Å². The number of aromatic nitrogens is 2. The molecule has 0 saturated heterocycles. The number of nitriles is 1. The molecule has 2 aromatic carbocycles. The summed E-state index contributed by atoms with van der Waals surface area (Å²) in [6.07, 6.45) is -4.82. The van der Waals surface area contributed by atoms with Gasteiger partial charge in [0, 0.05) is 18.2 Å². The average molecular weight is 441 g/mol. The highest BCUT2D eigenvalue weighted by atomic mass is 19.4. The van der Waals surface area contributed by atoms with Crippen LogP contribution in [0.25, 0.3) is 0 Å². The van der Waals surface area contributed by atoms with Gasteiger partial charge in [0.15, 0.2) is 11.7 Å². The minimum Gasteiger partial charge on any atom is -0.497 e. The van der Waals surface area contributed by atoms with E-state index in [4.69, 9.17) is 10.00 Å². The maximum Gasteiger partial charge on any atom is 0.410 e. The molecule has 1 aromatic heterocycles. The van der Waals surface area contributed by atoms with Crippen LogP contribution in [-0.4, -0.2) is 29.0 Å². The van der Waals surface area contributed by atoms with Gasteiger partial charge in [-0.1, -0.05) is 12.1 Å². The van der Waals surface area contributed by atoms with Crippen molar-refractivity contribution in [1.82, 2.24) is 9.78 Å². The highest BCUT2D eigenvalue weighted by molar-refractivity contribution is 6.03. The Kier molecular flexibility index (Phi) is 5.48. The molecule has 164 valence electrons. The van der Waals surface area contributed by atoms with Crippen LogP contribution in [0.1, 0.15) is 40.1 Å². The number of rotatable bonds is 4. The fourth-order valence-corrected chi connectivity index (χ4v) is 3.56. The summed E-state index contributed by atoms with van der Waals surface area (Å²) in [5.74, 6) is 0.0495. The zero-order valence-electron chi connectivity index (χ0n) is 16.8. The van der Waals surface area contributed by atoms with Crippen LogP contribution in [0.5, 0.6) is 5.75 Å². The monoisotopic (exact) mass is 441 g/mol. The van der Waals surface area contributed by atoms with Crippen molar-refractivity contribution in [3.05, 3.63) is 71.4 Å². The topological polar surface area (TPSA) is 92.0 Å². The van der Waals surface area contributed by atoms with Gasteiger partial charge in [0.1, 0.15) is 11.6 Å². The van der Waals surface area contributed by atoms with Gasteiger partial charge in [-0.3, -0.25) is 4.79 Å². The van der Waals surface area contributed by atoms with E-state index < -0.39 is 24.2 Å². The SMILES string of the molecule is COc1ccc([C@H]2C[C@H](C(F)(F)F)n3nc(C(=O)Nc4ccc(C#N)cc4)cc3N2)cc1. The summed E-state index contributed by atoms with van der Waals surface area (Å²) in [6, 6.07) is 13.6. The van der Waals surface area contributed by atoms with Crippen molar-refractivity contribution in [2.45, 2.75) is 24.7 Å². The Balaban J connectivity index is 1.61. The Morgan fingerprint density at radius 2 is 1.91 bits per heavy atom. The van der Waals surface area contributed by atoms with Crippen molar-refractivity contribution in [3.63, 3.8) is 0 Å². The number of ether oxygens (including phenoxy) is 1. The molecule has 0 fully saturated rings. The molecule has 1 amide bonds. The van der Waals surface area contributed by atoms with Crippen molar-refractivity contribution in [1.29, 1.82) is 5.26 Å². The first-order valence-corrected chi connectivity index (χ1v) is 9.67. The van der Waals surface area contributed by atoms with E-state index in [1.165, 1.54) is 37.4 Å². The summed E-state index contributed by atoms with van der Waals surface area (Å²) in [5, 5.41) is 18.4. The number of methoxy groups -OCH3 is 1. The third-order valence-corrected chi connectivity index (χ3v) is 5.21. The lowest BCUT2D eigenvalue weighted by Crippen LogP contribution is -2.35. The molecule has 2 heterocycles. The van der Waals surface area contributed by atoms with Crippen LogP contribution in [0.4, 0.5) is 24.7 Å². The largest absolute Gasteiger partial charge is 0.497 e. The number of anilines is 2. The van der Waals surface area contributed by atoms with Crippen molar-refractivity contribution in [3.8, 4) is 11.8 Å². The van der Waals surface area contributed by atoms with E-state index in [1.54, 1.807) is 24.3 Å². The number of halogens is 3. The van der Waals surface area contributed by atoms with Crippen LogP contribution < -0.4 is 15.4 Å². The lowest BCUT2D eigenvalue weighted by molar-refractivity contribution is -0.173. The molecule has 3 aromatic rings. The Labute approximate surface area is 181 Å². The average Bonchev–Trinajstić information content (AvgIpc) is 3.22. The zero-order valence-corrected chi connectivity index (χ0v) is 16.8. The van der Waals surface area contributed by atoms with Crippen LogP contribution in [0, 0.1) is 11.3 Å². The zero-order chi connectivity index (χ0) is 22.9. The van der Waals surface area contributed by atoms with Gasteiger partial charge < -0.3 is 15.4 Å². The van der Waals surface area contributed by atoms with E-state index in [-0.39, 0.29) is 17.9 Å². The molecule has 7 nitrogen and oxygen atoms in total. The van der Waals surface area contributed by atoms with Gasteiger partial charge in [-0.25, -0.2) is 4.68 Å². The first-order valence-electron chi connectivity index (χ1n) is 9.67. The summed E-state index contributed by atoms with van der Waals surface area (Å²) < 4.78 is 47.4. The van der Waals surface area contributed by atoms with E-state index in [0.717, 1.165) is 4.68 Å². The van der Waals surface area contributed by atoms with Crippen molar-refractivity contribution in [2.75, 3.05) is 17.7 Å². The molecule has 2 atom stereocenters. The number of hydrogen-bond acceptors (Lipinski definition) is 5. The maximum atomic E-state index is 13.8. The normalized spacial score (nSPS) is 17.6. The Bertz CT molecular complexity index is 1160. The number of fused-ring (bicyclic) bond motifs is 1. The lowest BCUT2D eigenvalue weighted by atomic mass is 9.97. The fraction of sp³-hybridized carbons (Fsp3) is 0.227. The maximum absolute atomic E-state index is 13.8.